The highest BCUT2D eigenvalue weighted by Crippen LogP contribution is 2.18. The molecule has 0 saturated heterocycles. The number of nitrogens with one attached hydrogen (secondary N) is 1. The summed E-state index contributed by atoms with van der Waals surface area (Å²) in [5.74, 6) is 0.134. The van der Waals surface area contributed by atoms with E-state index in [-0.39, 0.29) is 16.8 Å². The molecule has 6 nitrogen and oxygen atoms in total. The Balaban J connectivity index is 2.35. The molecule has 0 saturated carbocycles. The number of sulfonamides is 1. The summed E-state index contributed by atoms with van der Waals surface area (Å²) in [6, 6.07) is 3.75. The normalized spacial score (nSPS) is 11.9. The third-order valence-corrected chi connectivity index (χ3v) is 4.30. The number of anilines is 1. The summed E-state index contributed by atoms with van der Waals surface area (Å²) in [4.78, 5) is 3.97. The first-order valence-corrected chi connectivity index (χ1v) is 7.89. The molecule has 0 radical (unpaired) electrons. The van der Waals surface area contributed by atoms with Crippen molar-refractivity contribution in [1.82, 2.24) is 14.8 Å². The van der Waals surface area contributed by atoms with Crippen molar-refractivity contribution in [2.24, 2.45) is 7.05 Å². The van der Waals surface area contributed by atoms with Gasteiger partial charge in [-0.05, 0) is 24.6 Å². The molecule has 0 aliphatic heterocycles. The largest absolute Gasteiger partial charge is 0.264 e. The second kappa shape index (κ2) is 5.44. The summed E-state index contributed by atoms with van der Waals surface area (Å²) < 4.78 is 41.7. The van der Waals surface area contributed by atoms with Gasteiger partial charge in [0.2, 0.25) is 5.95 Å². The molecule has 0 fully saturated rings. The van der Waals surface area contributed by atoms with Crippen molar-refractivity contribution < 1.29 is 12.8 Å². The first-order chi connectivity index (χ1) is 9.70. The fourth-order valence-electron chi connectivity index (χ4n) is 1.66. The number of hydrogen-bond donors (Lipinski definition) is 1. The van der Waals surface area contributed by atoms with E-state index < -0.39 is 15.8 Å². The predicted octanol–water partition coefficient (Wildman–Crippen LogP) is 2.19. The number of aryl methyl sites for hydroxylation is 2. The van der Waals surface area contributed by atoms with E-state index in [1.165, 1.54) is 16.8 Å². The van der Waals surface area contributed by atoms with E-state index in [4.69, 9.17) is 0 Å². The molecule has 0 bridgehead atoms. The molecule has 0 atom stereocenters. The van der Waals surface area contributed by atoms with E-state index in [9.17, 15) is 12.8 Å². The number of halogens is 1. The summed E-state index contributed by atoms with van der Waals surface area (Å²) in [7, 11) is -2.31. The molecule has 0 spiro atoms. The summed E-state index contributed by atoms with van der Waals surface area (Å²) in [6.45, 7) is 5.38. The van der Waals surface area contributed by atoms with Crippen molar-refractivity contribution in [3.63, 3.8) is 0 Å². The van der Waals surface area contributed by atoms with Crippen LogP contribution in [0.4, 0.5) is 10.3 Å². The van der Waals surface area contributed by atoms with Crippen molar-refractivity contribution in [2.75, 3.05) is 4.72 Å². The second-order valence-electron chi connectivity index (χ2n) is 5.09. The smallest absolute Gasteiger partial charge is 0.247 e. The van der Waals surface area contributed by atoms with Crippen LogP contribution >= 0.6 is 0 Å². The van der Waals surface area contributed by atoms with Gasteiger partial charge in [0, 0.05) is 13.0 Å². The van der Waals surface area contributed by atoms with Crippen LogP contribution < -0.4 is 4.72 Å². The molecule has 8 heteroatoms. The molecule has 0 amide bonds. The van der Waals surface area contributed by atoms with Crippen molar-refractivity contribution in [3.05, 3.63) is 35.4 Å². The average molecular weight is 312 g/mol. The third kappa shape index (κ3) is 3.21. The lowest BCUT2D eigenvalue weighted by Gasteiger charge is -2.07. The van der Waals surface area contributed by atoms with Crippen molar-refractivity contribution in [1.29, 1.82) is 0 Å². The fourth-order valence-corrected chi connectivity index (χ4v) is 2.70. The highest BCUT2D eigenvalue weighted by atomic mass is 32.2. The minimum absolute atomic E-state index is 0.0753. The van der Waals surface area contributed by atoms with Gasteiger partial charge in [-0.2, -0.15) is 10.1 Å². The van der Waals surface area contributed by atoms with Gasteiger partial charge in [-0.25, -0.2) is 22.2 Å². The molecule has 0 aliphatic carbocycles. The van der Waals surface area contributed by atoms with Crippen LogP contribution in [0.25, 0.3) is 0 Å². The van der Waals surface area contributed by atoms with Gasteiger partial charge in [0.05, 0.1) is 4.90 Å². The quantitative estimate of drug-likeness (QED) is 0.939. The zero-order valence-corrected chi connectivity index (χ0v) is 13.1. The molecule has 1 heterocycles. The third-order valence-electron chi connectivity index (χ3n) is 2.98. The van der Waals surface area contributed by atoms with Gasteiger partial charge in [0.15, 0.2) is 5.82 Å². The van der Waals surface area contributed by atoms with E-state index in [1.54, 1.807) is 14.0 Å². The lowest BCUT2D eigenvalue weighted by atomic mass is 10.2. The van der Waals surface area contributed by atoms with Crippen LogP contribution in [-0.2, 0) is 17.1 Å². The molecule has 1 aromatic heterocycles. The highest BCUT2D eigenvalue weighted by molar-refractivity contribution is 7.92. The Morgan fingerprint density at radius 1 is 1.33 bits per heavy atom. The van der Waals surface area contributed by atoms with Crippen molar-refractivity contribution in [3.8, 4) is 0 Å². The number of benzene rings is 1. The van der Waals surface area contributed by atoms with Crippen LogP contribution in [0.5, 0.6) is 0 Å². The summed E-state index contributed by atoms with van der Waals surface area (Å²) in [6.07, 6.45) is 0. The Morgan fingerprint density at radius 2 is 2.00 bits per heavy atom. The first-order valence-electron chi connectivity index (χ1n) is 6.40. The maximum absolute atomic E-state index is 13.5. The molecule has 1 N–H and O–H groups in total. The maximum atomic E-state index is 13.5. The Bertz CT molecular complexity index is 768. The minimum Gasteiger partial charge on any atom is -0.247 e. The van der Waals surface area contributed by atoms with Gasteiger partial charge in [-0.1, -0.05) is 19.9 Å². The molecular weight excluding hydrogens is 295 g/mol. The summed E-state index contributed by atoms with van der Waals surface area (Å²) in [5.41, 5.74) is 0.384. The zero-order chi connectivity index (χ0) is 15.8. The van der Waals surface area contributed by atoms with Crippen LogP contribution in [0.3, 0.4) is 0 Å². The van der Waals surface area contributed by atoms with E-state index in [0.29, 0.717) is 11.4 Å². The summed E-state index contributed by atoms with van der Waals surface area (Å²) in [5, 5.41) is 4.12. The first kappa shape index (κ1) is 15.4. The van der Waals surface area contributed by atoms with Gasteiger partial charge >= 0.3 is 0 Å². The van der Waals surface area contributed by atoms with Gasteiger partial charge in [0.1, 0.15) is 5.82 Å². The fraction of sp³-hybridized carbons (Fsp3) is 0.385. The molecule has 21 heavy (non-hydrogen) atoms. The Kier molecular flexibility index (Phi) is 3.99. The van der Waals surface area contributed by atoms with Crippen LogP contribution in [0, 0.1) is 12.7 Å². The van der Waals surface area contributed by atoms with Crippen LogP contribution in [0.1, 0.15) is 31.2 Å². The molecular formula is C13H17FN4O2S. The monoisotopic (exact) mass is 312 g/mol. The van der Waals surface area contributed by atoms with Crippen LogP contribution in [0.15, 0.2) is 23.1 Å². The molecule has 0 aliphatic rings. The second-order valence-corrected chi connectivity index (χ2v) is 6.77. The molecule has 2 aromatic rings. The lowest BCUT2D eigenvalue weighted by Crippen LogP contribution is -2.16. The van der Waals surface area contributed by atoms with Crippen molar-refractivity contribution >= 4 is 16.0 Å². The SMILES string of the molecule is Cc1ccc(S(=O)(=O)Nc2nc(C(C)C)nn2C)cc1F. The molecule has 0 unspecified atom stereocenters. The molecule has 114 valence electrons. The van der Waals surface area contributed by atoms with Crippen LogP contribution in [0.2, 0.25) is 0 Å². The minimum atomic E-state index is -3.90. The number of hydrogen-bond acceptors (Lipinski definition) is 4. The maximum Gasteiger partial charge on any atom is 0.264 e. The Morgan fingerprint density at radius 3 is 2.52 bits per heavy atom. The van der Waals surface area contributed by atoms with Crippen LogP contribution in [-0.4, -0.2) is 23.2 Å². The molecule has 2 rings (SSSR count). The topological polar surface area (TPSA) is 76.9 Å². The molecule has 1 aromatic carbocycles. The van der Waals surface area contributed by atoms with Crippen molar-refractivity contribution in [2.45, 2.75) is 31.6 Å². The van der Waals surface area contributed by atoms with Gasteiger partial charge < -0.3 is 0 Å². The van der Waals surface area contributed by atoms with Gasteiger partial charge in [-0.15, -0.1) is 0 Å². The number of aromatic nitrogens is 3. The summed E-state index contributed by atoms with van der Waals surface area (Å²) >= 11 is 0. The Labute approximate surface area is 123 Å². The van der Waals surface area contributed by atoms with E-state index >= 15 is 0 Å². The standard InChI is InChI=1S/C13H17FN4O2S/c1-8(2)12-15-13(18(4)16-12)17-21(19,20)10-6-5-9(3)11(14)7-10/h5-8H,1-4H3,(H,15,16,17). The highest BCUT2D eigenvalue weighted by Gasteiger charge is 2.19. The van der Waals surface area contributed by atoms with Gasteiger partial charge in [0.25, 0.3) is 10.0 Å². The zero-order valence-electron chi connectivity index (χ0n) is 12.3. The van der Waals surface area contributed by atoms with E-state index in [2.05, 4.69) is 14.8 Å². The predicted molar refractivity (Wildman–Crippen MR) is 77.0 cm³/mol. The Hall–Kier alpha value is -1.96. The number of rotatable bonds is 4. The average Bonchev–Trinajstić information content (AvgIpc) is 2.74. The number of nitrogens with zero attached hydrogens (tertiary/aromatic N) is 3. The van der Waals surface area contributed by atoms with E-state index in [0.717, 1.165) is 6.07 Å². The van der Waals surface area contributed by atoms with E-state index in [1.807, 2.05) is 13.8 Å². The lowest BCUT2D eigenvalue weighted by molar-refractivity contribution is 0.592. The van der Waals surface area contributed by atoms with Gasteiger partial charge in [-0.3, -0.25) is 0 Å².